The molecule has 0 bridgehead atoms. The Morgan fingerprint density at radius 3 is 2.14 bits per heavy atom. The maximum atomic E-state index is 11.5. The summed E-state index contributed by atoms with van der Waals surface area (Å²) in [6.45, 7) is 3.99. The van der Waals surface area contributed by atoms with Crippen molar-refractivity contribution in [2.45, 2.75) is 20.0 Å². The number of nitro benzene ring substituents is 1. The number of anilines is 1. The number of methoxy groups -OCH3 is 1. The first-order chi connectivity index (χ1) is 18.0. The van der Waals surface area contributed by atoms with Crippen LogP contribution in [0.15, 0.2) is 97.1 Å². The van der Waals surface area contributed by atoms with Crippen molar-refractivity contribution in [3.8, 4) is 17.2 Å². The van der Waals surface area contributed by atoms with Crippen molar-refractivity contribution in [2.75, 3.05) is 25.2 Å². The predicted molar refractivity (Wildman–Crippen MR) is 144 cm³/mol. The van der Waals surface area contributed by atoms with Crippen LogP contribution in [0.4, 0.5) is 11.4 Å². The third-order valence-electron chi connectivity index (χ3n) is 5.92. The van der Waals surface area contributed by atoms with E-state index in [2.05, 4.69) is 17.0 Å². The van der Waals surface area contributed by atoms with Crippen LogP contribution in [0.1, 0.15) is 16.7 Å². The van der Waals surface area contributed by atoms with Crippen molar-refractivity contribution >= 4 is 11.4 Å². The van der Waals surface area contributed by atoms with Gasteiger partial charge in [0.1, 0.15) is 23.9 Å². The number of nitro groups is 1. The molecule has 4 rings (SSSR count). The van der Waals surface area contributed by atoms with Gasteiger partial charge in [-0.2, -0.15) is 0 Å². The summed E-state index contributed by atoms with van der Waals surface area (Å²) in [6.07, 6.45) is 0. The van der Waals surface area contributed by atoms with Crippen LogP contribution in [0.2, 0.25) is 0 Å². The van der Waals surface area contributed by atoms with E-state index in [0.717, 1.165) is 22.6 Å². The van der Waals surface area contributed by atoms with Gasteiger partial charge < -0.3 is 19.1 Å². The summed E-state index contributed by atoms with van der Waals surface area (Å²) in [7, 11) is 1.64. The van der Waals surface area contributed by atoms with Crippen LogP contribution in [0, 0.1) is 17.0 Å². The van der Waals surface area contributed by atoms with Gasteiger partial charge in [0, 0.05) is 38.0 Å². The molecule has 37 heavy (non-hydrogen) atoms. The highest BCUT2D eigenvalue weighted by atomic mass is 16.6. The number of benzene rings is 4. The van der Waals surface area contributed by atoms with Crippen LogP contribution in [0.25, 0.3) is 0 Å². The minimum Gasteiger partial charge on any atom is -0.491 e. The lowest BCUT2D eigenvalue weighted by Crippen LogP contribution is -2.23. The van der Waals surface area contributed by atoms with Gasteiger partial charge in [-0.3, -0.25) is 10.1 Å². The van der Waals surface area contributed by atoms with Crippen molar-refractivity contribution in [3.05, 3.63) is 124 Å². The summed E-state index contributed by atoms with van der Waals surface area (Å²) >= 11 is 0. The number of ether oxygens (including phenoxy) is 3. The molecule has 0 heterocycles. The standard InChI is InChI=1S/C30H30N2O5/c1-23-29(12-7-13-30(23)32(33)34)31(21-24-8-4-3-5-9-24)22-25-14-16-26(17-15-25)37-28-11-6-10-27(20-28)36-19-18-35-2/h3-17,20H,18-19,21-22H2,1-2H3. The zero-order valence-corrected chi connectivity index (χ0v) is 21.0. The Balaban J connectivity index is 1.51. The normalized spacial score (nSPS) is 10.6. The summed E-state index contributed by atoms with van der Waals surface area (Å²) in [5.74, 6) is 2.11. The van der Waals surface area contributed by atoms with Crippen LogP contribution in [0.5, 0.6) is 17.2 Å². The molecule has 0 saturated heterocycles. The third kappa shape index (κ3) is 7.08. The lowest BCUT2D eigenvalue weighted by atomic mass is 10.1. The molecular weight excluding hydrogens is 468 g/mol. The topological polar surface area (TPSA) is 74.1 Å². The average Bonchev–Trinajstić information content (AvgIpc) is 2.90. The summed E-state index contributed by atoms with van der Waals surface area (Å²) in [4.78, 5) is 13.4. The fourth-order valence-electron chi connectivity index (χ4n) is 4.07. The Hall–Kier alpha value is -4.36. The largest absolute Gasteiger partial charge is 0.491 e. The Bertz CT molecular complexity index is 1310. The highest BCUT2D eigenvalue weighted by molar-refractivity contribution is 5.62. The molecule has 7 nitrogen and oxygen atoms in total. The zero-order valence-electron chi connectivity index (χ0n) is 21.0. The highest BCUT2D eigenvalue weighted by Crippen LogP contribution is 2.31. The van der Waals surface area contributed by atoms with E-state index in [1.165, 1.54) is 0 Å². The molecule has 0 aliphatic heterocycles. The highest BCUT2D eigenvalue weighted by Gasteiger charge is 2.18. The summed E-state index contributed by atoms with van der Waals surface area (Å²) in [5, 5.41) is 11.5. The summed E-state index contributed by atoms with van der Waals surface area (Å²) in [6, 6.07) is 30.7. The second kappa shape index (κ2) is 12.6. The Kier molecular flexibility index (Phi) is 8.73. The van der Waals surface area contributed by atoms with Gasteiger partial charge in [0.25, 0.3) is 5.69 Å². The molecule has 0 aliphatic rings. The molecule has 0 spiro atoms. The fraction of sp³-hybridized carbons (Fsp3) is 0.200. The van der Waals surface area contributed by atoms with E-state index in [1.807, 2.05) is 72.8 Å². The van der Waals surface area contributed by atoms with Crippen molar-refractivity contribution in [1.82, 2.24) is 0 Å². The minimum absolute atomic E-state index is 0.118. The lowest BCUT2D eigenvalue weighted by Gasteiger charge is -2.27. The first-order valence-corrected chi connectivity index (χ1v) is 12.0. The van der Waals surface area contributed by atoms with E-state index >= 15 is 0 Å². The van der Waals surface area contributed by atoms with E-state index in [9.17, 15) is 10.1 Å². The molecular formula is C30H30N2O5. The Morgan fingerprint density at radius 1 is 0.757 bits per heavy atom. The summed E-state index contributed by atoms with van der Waals surface area (Å²) < 4.78 is 16.7. The van der Waals surface area contributed by atoms with Gasteiger partial charge in [0.2, 0.25) is 0 Å². The molecule has 190 valence electrons. The minimum atomic E-state index is -0.330. The molecule has 0 amide bonds. The van der Waals surface area contributed by atoms with Crippen LogP contribution < -0.4 is 14.4 Å². The zero-order chi connectivity index (χ0) is 26.0. The molecule has 0 aliphatic carbocycles. The van der Waals surface area contributed by atoms with Gasteiger partial charge >= 0.3 is 0 Å². The van der Waals surface area contributed by atoms with Crippen LogP contribution in [-0.4, -0.2) is 25.2 Å². The maximum Gasteiger partial charge on any atom is 0.274 e. The summed E-state index contributed by atoms with van der Waals surface area (Å²) in [5.41, 5.74) is 3.79. The molecule has 0 unspecified atom stereocenters. The maximum absolute atomic E-state index is 11.5. The number of nitrogens with zero attached hydrogens (tertiary/aromatic N) is 2. The molecule has 0 fully saturated rings. The average molecular weight is 499 g/mol. The van der Waals surface area contributed by atoms with Crippen LogP contribution in [0.3, 0.4) is 0 Å². The first-order valence-electron chi connectivity index (χ1n) is 12.0. The monoisotopic (exact) mass is 498 g/mol. The fourth-order valence-corrected chi connectivity index (χ4v) is 4.07. The Morgan fingerprint density at radius 2 is 1.43 bits per heavy atom. The molecule has 0 atom stereocenters. The van der Waals surface area contributed by atoms with E-state index in [0.29, 0.717) is 43.4 Å². The quantitative estimate of drug-likeness (QED) is 0.120. The van der Waals surface area contributed by atoms with Crippen molar-refractivity contribution in [3.63, 3.8) is 0 Å². The smallest absolute Gasteiger partial charge is 0.274 e. The number of hydrogen-bond acceptors (Lipinski definition) is 6. The predicted octanol–water partition coefficient (Wildman–Crippen LogP) is 6.93. The number of hydrogen-bond donors (Lipinski definition) is 0. The van der Waals surface area contributed by atoms with Crippen LogP contribution >= 0.6 is 0 Å². The van der Waals surface area contributed by atoms with Gasteiger partial charge in [0.05, 0.1) is 17.1 Å². The van der Waals surface area contributed by atoms with Crippen molar-refractivity contribution in [2.24, 2.45) is 0 Å². The lowest BCUT2D eigenvalue weighted by molar-refractivity contribution is -0.385. The van der Waals surface area contributed by atoms with Gasteiger partial charge in [-0.05, 0) is 48.4 Å². The first kappa shape index (κ1) is 25.7. The van der Waals surface area contributed by atoms with E-state index in [4.69, 9.17) is 14.2 Å². The molecule has 7 heteroatoms. The third-order valence-corrected chi connectivity index (χ3v) is 5.92. The molecule has 0 aromatic heterocycles. The second-order valence-electron chi connectivity index (χ2n) is 8.58. The molecule has 4 aromatic rings. The van der Waals surface area contributed by atoms with Gasteiger partial charge in [0.15, 0.2) is 0 Å². The molecule has 4 aromatic carbocycles. The van der Waals surface area contributed by atoms with Gasteiger partial charge in [-0.25, -0.2) is 0 Å². The van der Waals surface area contributed by atoms with E-state index < -0.39 is 0 Å². The Labute approximate surface area is 217 Å². The van der Waals surface area contributed by atoms with Crippen molar-refractivity contribution < 1.29 is 19.1 Å². The SMILES string of the molecule is COCCOc1cccc(Oc2ccc(CN(Cc3ccccc3)c3cccc([N+](=O)[O-])c3C)cc2)c1. The molecule has 0 saturated carbocycles. The van der Waals surface area contributed by atoms with Gasteiger partial charge in [-0.1, -0.05) is 54.6 Å². The molecule has 0 radical (unpaired) electrons. The van der Waals surface area contributed by atoms with Crippen molar-refractivity contribution in [1.29, 1.82) is 0 Å². The molecule has 0 N–H and O–H groups in total. The second-order valence-corrected chi connectivity index (χ2v) is 8.58. The van der Waals surface area contributed by atoms with E-state index in [-0.39, 0.29) is 10.6 Å². The van der Waals surface area contributed by atoms with Crippen LogP contribution in [-0.2, 0) is 17.8 Å². The van der Waals surface area contributed by atoms with Gasteiger partial charge in [-0.15, -0.1) is 0 Å². The number of rotatable bonds is 12. The van der Waals surface area contributed by atoms with E-state index in [1.54, 1.807) is 26.2 Å².